The van der Waals surface area contributed by atoms with Gasteiger partial charge < -0.3 is 10.4 Å². The molecule has 8 nitrogen and oxygen atoms in total. The first kappa shape index (κ1) is 18.8. The molecule has 0 aromatic heterocycles. The molecule has 3 N–H and O–H groups in total. The zero-order chi connectivity index (χ0) is 20.1. The number of anilines is 1. The summed E-state index contributed by atoms with van der Waals surface area (Å²) in [6.45, 7) is 1.69. The van der Waals surface area contributed by atoms with Crippen molar-refractivity contribution in [2.45, 2.75) is 13.0 Å². The number of phenols is 1. The number of aromatic hydroxyl groups is 1. The van der Waals surface area contributed by atoms with Crippen molar-refractivity contribution in [2.24, 2.45) is 5.10 Å². The Labute approximate surface area is 160 Å². The summed E-state index contributed by atoms with van der Waals surface area (Å²) in [5.41, 5.74) is 3.09. The third-order valence-electron chi connectivity index (χ3n) is 4.13. The zero-order valence-electron chi connectivity index (χ0n) is 15.0. The molecule has 0 radical (unpaired) electrons. The number of carbonyl (C=O) groups excluding carboxylic acids is 1. The van der Waals surface area contributed by atoms with Crippen molar-refractivity contribution < 1.29 is 14.8 Å². The van der Waals surface area contributed by atoms with Crippen molar-refractivity contribution in [1.29, 1.82) is 0 Å². The van der Waals surface area contributed by atoms with Crippen LogP contribution in [0.2, 0.25) is 0 Å². The molecule has 0 bridgehead atoms. The Morgan fingerprint density at radius 1 is 1.14 bits per heavy atom. The summed E-state index contributed by atoms with van der Waals surface area (Å²) >= 11 is 0. The van der Waals surface area contributed by atoms with Gasteiger partial charge in [-0.1, -0.05) is 30.3 Å². The summed E-state index contributed by atoms with van der Waals surface area (Å²) in [4.78, 5) is 22.4. The van der Waals surface area contributed by atoms with Crippen LogP contribution >= 0.6 is 0 Å². The van der Waals surface area contributed by atoms with Gasteiger partial charge in [-0.2, -0.15) is 5.10 Å². The standard InChI is InChI=1S/C20H18N4O4/c1-13(22-17-7-6-14-4-2-3-5-15(14)10-17)20(26)23-21-12-16-11-18(24(27)28)8-9-19(16)25/h2-13,22,25H,1H3,(H,23,26)/b21-12-/t13-/m1/s1. The number of carbonyl (C=O) groups is 1. The largest absolute Gasteiger partial charge is 0.507 e. The highest BCUT2D eigenvalue weighted by Gasteiger charge is 2.12. The fourth-order valence-corrected chi connectivity index (χ4v) is 2.62. The smallest absolute Gasteiger partial charge is 0.270 e. The second-order valence-electron chi connectivity index (χ2n) is 6.16. The van der Waals surface area contributed by atoms with Crippen LogP contribution < -0.4 is 10.7 Å². The summed E-state index contributed by atoms with van der Waals surface area (Å²) in [6, 6.07) is 16.7. The minimum absolute atomic E-state index is 0.129. The van der Waals surface area contributed by atoms with Crippen LogP contribution in [0.25, 0.3) is 10.8 Å². The van der Waals surface area contributed by atoms with E-state index in [2.05, 4.69) is 15.8 Å². The average molecular weight is 378 g/mol. The molecule has 0 aliphatic heterocycles. The van der Waals surface area contributed by atoms with Gasteiger partial charge in [0.15, 0.2) is 0 Å². The molecule has 0 unspecified atom stereocenters. The highest BCUT2D eigenvalue weighted by molar-refractivity contribution is 5.89. The SMILES string of the molecule is C[C@@H](Nc1ccc2ccccc2c1)C(=O)N/N=C\c1cc([N+](=O)[O-])ccc1O. The first-order chi connectivity index (χ1) is 13.4. The van der Waals surface area contributed by atoms with Gasteiger partial charge in [-0.05, 0) is 35.9 Å². The van der Waals surface area contributed by atoms with Gasteiger partial charge in [0.25, 0.3) is 11.6 Å². The van der Waals surface area contributed by atoms with Crippen molar-refractivity contribution in [3.63, 3.8) is 0 Å². The topological polar surface area (TPSA) is 117 Å². The number of fused-ring (bicyclic) bond motifs is 1. The maximum absolute atomic E-state index is 12.2. The summed E-state index contributed by atoms with van der Waals surface area (Å²) < 4.78 is 0. The Kier molecular flexibility index (Phi) is 5.50. The van der Waals surface area contributed by atoms with Gasteiger partial charge in [0.05, 0.1) is 11.1 Å². The van der Waals surface area contributed by atoms with E-state index >= 15 is 0 Å². The molecule has 28 heavy (non-hydrogen) atoms. The number of rotatable bonds is 6. The van der Waals surface area contributed by atoms with Crippen LogP contribution in [0.1, 0.15) is 12.5 Å². The van der Waals surface area contributed by atoms with Crippen molar-refractivity contribution in [1.82, 2.24) is 5.43 Å². The van der Waals surface area contributed by atoms with Gasteiger partial charge in [-0.3, -0.25) is 14.9 Å². The number of hydrogen-bond donors (Lipinski definition) is 3. The Morgan fingerprint density at radius 3 is 2.64 bits per heavy atom. The highest BCUT2D eigenvalue weighted by Crippen LogP contribution is 2.21. The lowest BCUT2D eigenvalue weighted by molar-refractivity contribution is -0.384. The molecule has 0 aliphatic rings. The molecule has 8 heteroatoms. The van der Waals surface area contributed by atoms with Gasteiger partial charge in [0.2, 0.25) is 0 Å². The number of nitrogens with zero attached hydrogens (tertiary/aromatic N) is 2. The van der Waals surface area contributed by atoms with Crippen LogP contribution in [-0.4, -0.2) is 28.2 Å². The maximum Gasteiger partial charge on any atom is 0.270 e. The number of phenolic OH excluding ortho intramolecular Hbond substituents is 1. The number of non-ortho nitro benzene ring substituents is 1. The van der Waals surface area contributed by atoms with Gasteiger partial charge >= 0.3 is 0 Å². The third-order valence-corrected chi connectivity index (χ3v) is 4.13. The normalized spacial score (nSPS) is 12.0. The van der Waals surface area contributed by atoms with E-state index in [1.807, 2.05) is 42.5 Å². The summed E-state index contributed by atoms with van der Waals surface area (Å²) in [5.74, 6) is -0.569. The third kappa shape index (κ3) is 4.42. The molecule has 0 aliphatic carbocycles. The molecule has 0 saturated carbocycles. The second-order valence-corrected chi connectivity index (χ2v) is 6.16. The first-order valence-corrected chi connectivity index (χ1v) is 8.50. The minimum atomic E-state index is -0.578. The van der Waals surface area contributed by atoms with Crippen LogP contribution in [0.3, 0.4) is 0 Å². The Hall–Kier alpha value is -3.94. The van der Waals surface area contributed by atoms with E-state index in [-0.39, 0.29) is 17.0 Å². The summed E-state index contributed by atoms with van der Waals surface area (Å²) in [5, 5.41) is 29.5. The van der Waals surface area contributed by atoms with Crippen molar-refractivity contribution >= 4 is 34.3 Å². The van der Waals surface area contributed by atoms with Crippen LogP contribution in [0.15, 0.2) is 65.8 Å². The van der Waals surface area contributed by atoms with Gasteiger partial charge in [-0.25, -0.2) is 5.43 Å². The van der Waals surface area contributed by atoms with E-state index in [1.54, 1.807) is 6.92 Å². The Balaban J connectivity index is 1.63. The molecule has 1 atom stereocenters. The molecule has 142 valence electrons. The van der Waals surface area contributed by atoms with Gasteiger partial charge in [0.1, 0.15) is 11.8 Å². The van der Waals surface area contributed by atoms with Crippen LogP contribution in [0.5, 0.6) is 5.75 Å². The maximum atomic E-state index is 12.2. The Bertz CT molecular complexity index is 1070. The quantitative estimate of drug-likeness (QED) is 0.345. The van der Waals surface area contributed by atoms with E-state index < -0.39 is 16.9 Å². The van der Waals surface area contributed by atoms with Crippen LogP contribution in [0, 0.1) is 10.1 Å². The van der Waals surface area contributed by atoms with Gasteiger partial charge in [0, 0.05) is 23.4 Å². The fourth-order valence-electron chi connectivity index (χ4n) is 2.62. The molecule has 0 spiro atoms. The fraction of sp³-hybridized carbons (Fsp3) is 0.100. The molecule has 3 rings (SSSR count). The van der Waals surface area contributed by atoms with E-state index in [0.717, 1.165) is 22.7 Å². The first-order valence-electron chi connectivity index (χ1n) is 8.50. The van der Waals surface area contributed by atoms with E-state index in [9.17, 15) is 20.0 Å². The molecule has 3 aromatic carbocycles. The molecule has 0 heterocycles. The number of nitrogens with one attached hydrogen (secondary N) is 2. The number of nitro groups is 1. The molecule has 1 amide bonds. The van der Waals surface area contributed by atoms with Crippen molar-refractivity contribution in [3.05, 3.63) is 76.3 Å². The molecule has 3 aromatic rings. The van der Waals surface area contributed by atoms with Crippen LogP contribution in [-0.2, 0) is 4.79 Å². The summed E-state index contributed by atoms with van der Waals surface area (Å²) in [7, 11) is 0. The number of nitro benzene ring substituents is 1. The van der Waals surface area contributed by atoms with Gasteiger partial charge in [-0.15, -0.1) is 0 Å². The minimum Gasteiger partial charge on any atom is -0.507 e. The number of benzene rings is 3. The van der Waals surface area contributed by atoms with Crippen LogP contribution in [0.4, 0.5) is 11.4 Å². The van der Waals surface area contributed by atoms with Crippen molar-refractivity contribution in [2.75, 3.05) is 5.32 Å². The summed E-state index contributed by atoms with van der Waals surface area (Å²) in [6.07, 6.45) is 1.16. The molecular formula is C20H18N4O4. The number of amides is 1. The lowest BCUT2D eigenvalue weighted by Crippen LogP contribution is -2.34. The van der Waals surface area contributed by atoms with E-state index in [0.29, 0.717) is 0 Å². The predicted molar refractivity (Wildman–Crippen MR) is 108 cm³/mol. The molecular weight excluding hydrogens is 360 g/mol. The molecule has 0 saturated heterocycles. The predicted octanol–water partition coefficient (Wildman–Crippen LogP) is 3.40. The average Bonchev–Trinajstić information content (AvgIpc) is 2.69. The van der Waals surface area contributed by atoms with E-state index in [4.69, 9.17) is 0 Å². The monoisotopic (exact) mass is 378 g/mol. The number of hydrogen-bond acceptors (Lipinski definition) is 6. The molecule has 0 fully saturated rings. The van der Waals surface area contributed by atoms with Crippen molar-refractivity contribution in [3.8, 4) is 5.75 Å². The second kappa shape index (κ2) is 8.17. The number of hydrazone groups is 1. The lowest BCUT2D eigenvalue weighted by atomic mass is 10.1. The lowest BCUT2D eigenvalue weighted by Gasteiger charge is -2.14. The Morgan fingerprint density at radius 2 is 1.89 bits per heavy atom. The van der Waals surface area contributed by atoms with E-state index in [1.165, 1.54) is 18.2 Å². The zero-order valence-corrected chi connectivity index (χ0v) is 15.0. The highest BCUT2D eigenvalue weighted by atomic mass is 16.6.